The SMILES string of the molecule is [CH3][Sn]1([CH3])[C](c2ccccc2)=C(c2ccccc2)C(c2ccccc2)=[C]1c1ccccc1. The molecule has 0 bridgehead atoms. The maximum atomic E-state index is 2.58. The zero-order valence-corrected chi connectivity index (χ0v) is 20.9. The molecule has 1 heteroatoms. The van der Waals surface area contributed by atoms with Crippen molar-refractivity contribution in [1.82, 2.24) is 0 Å². The van der Waals surface area contributed by atoms with Gasteiger partial charge in [0.15, 0.2) is 0 Å². The zero-order chi connectivity index (χ0) is 21.3. The second-order valence-corrected chi connectivity index (χ2v) is 20.7. The van der Waals surface area contributed by atoms with Crippen LogP contribution in [0.2, 0.25) is 9.88 Å². The Morgan fingerprint density at radius 1 is 0.355 bits per heavy atom. The van der Waals surface area contributed by atoms with Gasteiger partial charge in [0.05, 0.1) is 0 Å². The van der Waals surface area contributed by atoms with Gasteiger partial charge in [-0.25, -0.2) is 0 Å². The van der Waals surface area contributed by atoms with Crippen LogP contribution in [0.15, 0.2) is 121 Å². The maximum absolute atomic E-state index is 2.97. The number of hydrogen-bond acceptors (Lipinski definition) is 0. The van der Waals surface area contributed by atoms with Crippen LogP contribution in [0.1, 0.15) is 22.3 Å². The van der Waals surface area contributed by atoms with Gasteiger partial charge in [0.2, 0.25) is 0 Å². The molecule has 0 saturated carbocycles. The van der Waals surface area contributed by atoms with Crippen LogP contribution in [0.25, 0.3) is 18.3 Å². The summed E-state index contributed by atoms with van der Waals surface area (Å²) in [4.78, 5) is 5.16. The van der Waals surface area contributed by atoms with Crippen molar-refractivity contribution in [2.45, 2.75) is 9.88 Å². The van der Waals surface area contributed by atoms with E-state index >= 15 is 0 Å². The van der Waals surface area contributed by atoms with Gasteiger partial charge >= 0.3 is 190 Å². The summed E-state index contributed by atoms with van der Waals surface area (Å²) in [5.74, 6) is 0. The van der Waals surface area contributed by atoms with E-state index in [0.29, 0.717) is 0 Å². The molecule has 0 unspecified atom stereocenters. The van der Waals surface area contributed by atoms with Gasteiger partial charge < -0.3 is 0 Å². The van der Waals surface area contributed by atoms with Gasteiger partial charge in [-0.15, -0.1) is 0 Å². The predicted octanol–water partition coefficient (Wildman–Crippen LogP) is 8.01. The molecule has 4 aromatic carbocycles. The van der Waals surface area contributed by atoms with Crippen molar-refractivity contribution in [3.05, 3.63) is 144 Å². The summed E-state index contributed by atoms with van der Waals surface area (Å²) >= 11 is -2.97. The molecule has 0 atom stereocenters. The summed E-state index contributed by atoms with van der Waals surface area (Å²) in [7, 11) is 0. The van der Waals surface area contributed by atoms with Crippen LogP contribution in [0.5, 0.6) is 0 Å². The van der Waals surface area contributed by atoms with Gasteiger partial charge in [0.1, 0.15) is 0 Å². The summed E-state index contributed by atoms with van der Waals surface area (Å²) in [6.07, 6.45) is 0. The van der Waals surface area contributed by atoms with Crippen molar-refractivity contribution >= 4 is 36.7 Å². The van der Waals surface area contributed by atoms with E-state index in [4.69, 9.17) is 0 Å². The molecule has 0 aromatic heterocycles. The van der Waals surface area contributed by atoms with E-state index < -0.39 is 18.4 Å². The van der Waals surface area contributed by atoms with Gasteiger partial charge in [0.25, 0.3) is 0 Å². The van der Waals surface area contributed by atoms with Crippen LogP contribution < -0.4 is 0 Å². The van der Waals surface area contributed by atoms with E-state index in [1.165, 1.54) is 33.4 Å². The van der Waals surface area contributed by atoms with Crippen LogP contribution in [0.3, 0.4) is 0 Å². The summed E-state index contributed by atoms with van der Waals surface area (Å²) < 4.78 is 3.19. The molecule has 0 nitrogen and oxygen atoms in total. The molecule has 1 heterocycles. The van der Waals surface area contributed by atoms with E-state index in [0.717, 1.165) is 0 Å². The van der Waals surface area contributed by atoms with Crippen molar-refractivity contribution in [3.63, 3.8) is 0 Å². The Bertz CT molecular complexity index is 1150. The van der Waals surface area contributed by atoms with E-state index in [1.54, 1.807) is 7.18 Å². The fourth-order valence-electron chi connectivity index (χ4n) is 5.01. The quantitative estimate of drug-likeness (QED) is 0.247. The molecule has 0 aliphatic carbocycles. The minimum absolute atomic E-state index is 1.32. The van der Waals surface area contributed by atoms with Crippen molar-refractivity contribution in [2.75, 3.05) is 0 Å². The number of allylic oxidation sites excluding steroid dienone is 2. The van der Waals surface area contributed by atoms with Gasteiger partial charge in [-0.1, -0.05) is 0 Å². The second kappa shape index (κ2) is 8.36. The molecule has 0 N–H and O–H groups in total. The topological polar surface area (TPSA) is 0 Å². The van der Waals surface area contributed by atoms with Crippen LogP contribution in [-0.2, 0) is 0 Å². The molecular formula is C30H26Sn. The predicted molar refractivity (Wildman–Crippen MR) is 137 cm³/mol. The van der Waals surface area contributed by atoms with E-state index in [2.05, 4.69) is 131 Å². The first-order valence-corrected chi connectivity index (χ1v) is 19.5. The van der Waals surface area contributed by atoms with Crippen molar-refractivity contribution in [1.29, 1.82) is 0 Å². The van der Waals surface area contributed by atoms with E-state index in [9.17, 15) is 0 Å². The van der Waals surface area contributed by atoms with Crippen molar-refractivity contribution in [3.8, 4) is 0 Å². The summed E-state index contributed by atoms with van der Waals surface area (Å²) in [5, 5.41) is 0. The second-order valence-electron chi connectivity index (χ2n) is 8.59. The molecule has 0 amide bonds. The Hall–Kier alpha value is -2.84. The Balaban J connectivity index is 1.92. The zero-order valence-electron chi connectivity index (χ0n) is 18.0. The van der Waals surface area contributed by atoms with Gasteiger partial charge in [-0.05, 0) is 0 Å². The van der Waals surface area contributed by atoms with E-state index in [-0.39, 0.29) is 0 Å². The van der Waals surface area contributed by atoms with Crippen LogP contribution >= 0.6 is 0 Å². The molecule has 0 spiro atoms. The average Bonchev–Trinajstić information content (AvgIpc) is 3.08. The Morgan fingerprint density at radius 3 is 0.903 bits per heavy atom. The standard InChI is InChI=1S/C28H20.2CH3.Sn/c1-5-13-23(14-6-1)21-27(25-17-9-3-10-18-25)28(26-19-11-4-12-20-26)22-24-15-7-2-8-16-24;;;/h1-20H;2*1H3;. The molecule has 5 rings (SSSR count). The molecule has 0 saturated heterocycles. The molecule has 31 heavy (non-hydrogen) atoms. The Morgan fingerprint density at radius 2 is 0.613 bits per heavy atom. The molecule has 0 radical (unpaired) electrons. The van der Waals surface area contributed by atoms with Crippen LogP contribution in [0, 0.1) is 0 Å². The van der Waals surface area contributed by atoms with Gasteiger partial charge in [0, 0.05) is 0 Å². The van der Waals surface area contributed by atoms with Crippen LogP contribution in [-0.4, -0.2) is 18.4 Å². The first-order chi connectivity index (χ1) is 15.2. The number of hydrogen-bond donors (Lipinski definition) is 0. The molecule has 4 aromatic rings. The molecule has 1 aliphatic heterocycles. The monoisotopic (exact) mass is 506 g/mol. The van der Waals surface area contributed by atoms with E-state index in [1.807, 2.05) is 0 Å². The molecule has 150 valence electrons. The normalized spacial score (nSPS) is 15.4. The number of rotatable bonds is 4. The summed E-state index contributed by atoms with van der Waals surface area (Å²) in [6, 6.07) is 44.1. The third-order valence-corrected chi connectivity index (χ3v) is 16.5. The number of benzene rings is 4. The third-order valence-electron chi connectivity index (χ3n) is 6.25. The first kappa shape index (κ1) is 20.1. The molecule has 0 fully saturated rings. The minimum atomic E-state index is -2.97. The van der Waals surface area contributed by atoms with Crippen LogP contribution in [0.4, 0.5) is 0 Å². The summed E-state index contributed by atoms with van der Waals surface area (Å²) in [6.45, 7) is 0. The fourth-order valence-corrected chi connectivity index (χ4v) is 15.9. The van der Waals surface area contributed by atoms with Gasteiger partial charge in [-0.3, -0.25) is 0 Å². The molecular weight excluding hydrogens is 479 g/mol. The first-order valence-electron chi connectivity index (χ1n) is 10.9. The van der Waals surface area contributed by atoms with Crippen molar-refractivity contribution in [2.24, 2.45) is 0 Å². The summed E-state index contributed by atoms with van der Waals surface area (Å²) in [5.41, 5.74) is 8.24. The third kappa shape index (κ3) is 3.59. The van der Waals surface area contributed by atoms with Crippen molar-refractivity contribution < 1.29 is 0 Å². The average molecular weight is 505 g/mol. The molecule has 1 aliphatic rings. The Labute approximate surface area is 189 Å². The Kier molecular flexibility index (Phi) is 5.41. The fraction of sp³-hybridized carbons (Fsp3) is 0.0667. The van der Waals surface area contributed by atoms with Gasteiger partial charge in [-0.2, -0.15) is 0 Å².